The number of benzene rings is 1. The van der Waals surface area contributed by atoms with Crippen LogP contribution in [0, 0.1) is 8.99 Å². The number of ketones is 1. The van der Waals surface area contributed by atoms with Crippen molar-refractivity contribution >= 4 is 50.4 Å². The van der Waals surface area contributed by atoms with E-state index in [0.29, 0.717) is 11.9 Å². The van der Waals surface area contributed by atoms with Crippen molar-refractivity contribution in [3.8, 4) is 0 Å². The lowest BCUT2D eigenvalue weighted by Gasteiger charge is -2.31. The van der Waals surface area contributed by atoms with Gasteiger partial charge in [-0.05, 0) is 65.5 Å². The largest absolute Gasteiger partial charge is 0.449 e. The molecule has 0 fully saturated rings. The average Bonchev–Trinajstić information content (AvgIpc) is 2.58. The van der Waals surface area contributed by atoms with E-state index in [9.17, 15) is 9.59 Å². The maximum Gasteiger partial charge on any atom is 0.406 e. The second-order valence-corrected chi connectivity index (χ2v) is 9.05. The summed E-state index contributed by atoms with van der Waals surface area (Å²) in [5.41, 5.74) is 0.418. The summed E-state index contributed by atoms with van der Waals surface area (Å²) in [7, 11) is 1.55. The number of alkyl carbamates (subject to hydrolysis) is 1. The van der Waals surface area contributed by atoms with E-state index in [4.69, 9.17) is 4.74 Å². The summed E-state index contributed by atoms with van der Waals surface area (Å²) in [6.07, 6.45) is 2.11. The Hall–Kier alpha value is -0.630. The number of ether oxygens (including phenoxy) is 1. The van der Waals surface area contributed by atoms with Crippen molar-refractivity contribution in [2.24, 2.45) is 5.41 Å². The van der Waals surface area contributed by atoms with E-state index in [-0.39, 0.29) is 11.2 Å². The Bertz CT molecular complexity index is 606. The van der Waals surface area contributed by atoms with Crippen molar-refractivity contribution in [1.82, 2.24) is 5.32 Å². The Morgan fingerprint density at radius 1 is 1.24 bits per heavy atom. The molecule has 1 aromatic carbocycles. The molecule has 1 rings (SSSR count). The molecule has 140 valence electrons. The zero-order valence-corrected chi connectivity index (χ0v) is 19.1. The monoisotopic (exact) mass is 523 g/mol. The lowest BCUT2D eigenvalue weighted by atomic mass is 9.74. The smallest absolute Gasteiger partial charge is 0.406 e. The normalized spacial score (nSPS) is 13.8. The molecule has 0 spiro atoms. The van der Waals surface area contributed by atoms with Crippen LogP contribution in [0.15, 0.2) is 24.3 Å². The molecule has 0 aliphatic heterocycles. The first kappa shape index (κ1) is 22.4. The summed E-state index contributed by atoms with van der Waals surface area (Å²) in [4.78, 5) is 23.9. The highest BCUT2D eigenvalue weighted by molar-refractivity contribution is 14.1. The molecule has 0 radical (unpaired) electrons. The highest BCUT2D eigenvalue weighted by Crippen LogP contribution is 2.34. The third-order valence-electron chi connectivity index (χ3n) is 4.53. The van der Waals surface area contributed by atoms with E-state index in [1.54, 1.807) is 7.05 Å². The molecule has 0 bridgehead atoms. The summed E-state index contributed by atoms with van der Waals surface area (Å²) in [6.45, 7) is 6.53. The number of hydrogen-bond donors (Lipinski definition) is 1. The van der Waals surface area contributed by atoms with E-state index in [1.165, 1.54) is 0 Å². The number of carbonyl (C=O) groups excluding carboxylic acids is 2. The summed E-state index contributed by atoms with van der Waals surface area (Å²) >= 11 is 5.61. The predicted molar refractivity (Wildman–Crippen MR) is 113 cm³/mol. The standard InChI is InChI=1S/C19H27BrINO3/c1-18(2,13-25-17(24)22-4)9-6-10-19(3,16(23)12-20)14-7-5-8-15(21)11-14/h5,7-8,11H,6,9-10,12-13H2,1-4H3,(H,22,24). The van der Waals surface area contributed by atoms with Crippen LogP contribution in [0.4, 0.5) is 4.79 Å². The third kappa shape index (κ3) is 6.89. The molecule has 0 saturated heterocycles. The molecule has 1 N–H and O–H groups in total. The van der Waals surface area contributed by atoms with Gasteiger partial charge in [0.2, 0.25) is 0 Å². The Morgan fingerprint density at radius 2 is 1.92 bits per heavy atom. The topological polar surface area (TPSA) is 55.4 Å². The van der Waals surface area contributed by atoms with Gasteiger partial charge in [-0.3, -0.25) is 4.79 Å². The first-order chi connectivity index (χ1) is 11.6. The van der Waals surface area contributed by atoms with E-state index >= 15 is 0 Å². The molecule has 4 nitrogen and oxygen atoms in total. The van der Waals surface area contributed by atoms with Gasteiger partial charge in [0.25, 0.3) is 0 Å². The van der Waals surface area contributed by atoms with Crippen LogP contribution < -0.4 is 5.32 Å². The average molecular weight is 524 g/mol. The molecule has 25 heavy (non-hydrogen) atoms. The van der Waals surface area contributed by atoms with Crippen LogP contribution in [0.5, 0.6) is 0 Å². The van der Waals surface area contributed by atoms with E-state index in [2.05, 4.69) is 63.8 Å². The molecule has 1 amide bonds. The molecule has 0 aliphatic rings. The number of alkyl halides is 1. The lowest BCUT2D eigenvalue weighted by molar-refractivity contribution is -0.121. The highest BCUT2D eigenvalue weighted by atomic mass is 127. The maximum atomic E-state index is 12.6. The second kappa shape index (κ2) is 9.90. The van der Waals surface area contributed by atoms with Gasteiger partial charge in [-0.15, -0.1) is 0 Å². The van der Waals surface area contributed by atoms with Crippen molar-refractivity contribution in [3.63, 3.8) is 0 Å². The van der Waals surface area contributed by atoms with Crippen LogP contribution in [0.25, 0.3) is 0 Å². The SMILES string of the molecule is CNC(=O)OCC(C)(C)CCCC(C)(C(=O)CBr)c1cccc(I)c1. The maximum absolute atomic E-state index is 12.6. The van der Waals surface area contributed by atoms with E-state index in [1.807, 2.05) is 25.1 Å². The molecular formula is C19H27BrINO3. The first-order valence-electron chi connectivity index (χ1n) is 8.34. The zero-order chi connectivity index (χ0) is 19.1. The minimum Gasteiger partial charge on any atom is -0.449 e. The number of Topliss-reactive ketones (excluding diaryl/α,β-unsaturated/α-hetero) is 1. The molecule has 0 saturated carbocycles. The summed E-state index contributed by atoms with van der Waals surface area (Å²) < 4.78 is 6.31. The van der Waals surface area contributed by atoms with Gasteiger partial charge >= 0.3 is 6.09 Å². The van der Waals surface area contributed by atoms with Gasteiger partial charge in [0.05, 0.1) is 17.4 Å². The molecule has 0 heterocycles. The van der Waals surface area contributed by atoms with Gasteiger partial charge in [-0.2, -0.15) is 0 Å². The number of carbonyl (C=O) groups is 2. The summed E-state index contributed by atoms with van der Waals surface area (Å²) in [5, 5.41) is 2.80. The highest BCUT2D eigenvalue weighted by Gasteiger charge is 2.34. The van der Waals surface area contributed by atoms with Crippen molar-refractivity contribution in [2.45, 2.75) is 45.4 Å². The molecular weight excluding hydrogens is 497 g/mol. The third-order valence-corrected chi connectivity index (χ3v) is 5.71. The van der Waals surface area contributed by atoms with Crippen LogP contribution >= 0.6 is 38.5 Å². The van der Waals surface area contributed by atoms with Gasteiger partial charge in [-0.25, -0.2) is 4.79 Å². The fourth-order valence-electron chi connectivity index (χ4n) is 2.75. The van der Waals surface area contributed by atoms with Crippen LogP contribution in [0.1, 0.15) is 45.6 Å². The second-order valence-electron chi connectivity index (χ2n) is 7.24. The first-order valence-corrected chi connectivity index (χ1v) is 10.5. The fraction of sp³-hybridized carbons (Fsp3) is 0.579. The quantitative estimate of drug-likeness (QED) is 0.363. The van der Waals surface area contributed by atoms with E-state index in [0.717, 1.165) is 28.4 Å². The van der Waals surface area contributed by atoms with Crippen LogP contribution in [0.2, 0.25) is 0 Å². The van der Waals surface area contributed by atoms with Crippen molar-refractivity contribution < 1.29 is 14.3 Å². The minimum absolute atomic E-state index is 0.129. The van der Waals surface area contributed by atoms with Crippen molar-refractivity contribution in [2.75, 3.05) is 19.0 Å². The molecule has 0 aliphatic carbocycles. The number of rotatable bonds is 9. The number of amides is 1. The Morgan fingerprint density at radius 3 is 2.48 bits per heavy atom. The fourth-order valence-corrected chi connectivity index (χ4v) is 3.91. The zero-order valence-electron chi connectivity index (χ0n) is 15.3. The van der Waals surface area contributed by atoms with Crippen LogP contribution in [0.3, 0.4) is 0 Å². The summed E-state index contributed by atoms with van der Waals surface area (Å²) in [5.74, 6) is 0.189. The van der Waals surface area contributed by atoms with Gasteiger partial charge in [-0.1, -0.05) is 48.3 Å². The number of nitrogens with one attached hydrogen (secondary N) is 1. The van der Waals surface area contributed by atoms with Gasteiger partial charge < -0.3 is 10.1 Å². The molecule has 6 heteroatoms. The Kier molecular flexibility index (Phi) is 8.87. The number of hydrogen-bond acceptors (Lipinski definition) is 3. The van der Waals surface area contributed by atoms with Gasteiger partial charge in [0.15, 0.2) is 5.78 Å². The van der Waals surface area contributed by atoms with Crippen molar-refractivity contribution in [1.29, 1.82) is 0 Å². The molecule has 1 aromatic rings. The lowest BCUT2D eigenvalue weighted by Crippen LogP contribution is -2.34. The molecule has 1 unspecified atom stereocenters. The Balaban J connectivity index is 2.77. The van der Waals surface area contributed by atoms with Crippen LogP contribution in [-0.4, -0.2) is 30.9 Å². The Labute approximate surface area is 172 Å². The minimum atomic E-state index is -0.511. The van der Waals surface area contributed by atoms with E-state index < -0.39 is 11.5 Å². The van der Waals surface area contributed by atoms with Gasteiger partial charge in [0, 0.05) is 10.6 Å². The molecule has 1 atom stereocenters. The molecule has 0 aromatic heterocycles. The van der Waals surface area contributed by atoms with Gasteiger partial charge in [0.1, 0.15) is 0 Å². The predicted octanol–water partition coefficient (Wildman–Crippen LogP) is 5.07. The number of halogens is 2. The van der Waals surface area contributed by atoms with Crippen LogP contribution in [-0.2, 0) is 14.9 Å². The summed E-state index contributed by atoms with van der Waals surface area (Å²) in [6, 6.07) is 8.14. The van der Waals surface area contributed by atoms with Crippen molar-refractivity contribution in [3.05, 3.63) is 33.4 Å².